The molecule has 1 aliphatic rings. The largest absolute Gasteiger partial charge is 0.322 e. The number of hydrogen-bond acceptors (Lipinski definition) is 5. The Bertz CT molecular complexity index is 1300. The Hall–Kier alpha value is -3.98. The Morgan fingerprint density at radius 2 is 1.42 bits per heavy atom. The fraction of sp³-hybridized carbons (Fsp3) is 0.0455. The van der Waals surface area contributed by atoms with Crippen LogP contribution in [0.5, 0.6) is 0 Å². The number of anilines is 3. The molecule has 2 N–H and O–H groups in total. The monoisotopic (exact) mass is 435 g/mol. The first-order valence-electron chi connectivity index (χ1n) is 9.20. The smallest absolute Gasteiger partial charge is 0.266 e. The molecule has 3 aromatic rings. The lowest BCUT2D eigenvalue weighted by Crippen LogP contribution is -2.29. The van der Waals surface area contributed by atoms with Crippen LogP contribution in [-0.2, 0) is 10.0 Å². The topological polar surface area (TPSA) is 113 Å². The molecule has 31 heavy (non-hydrogen) atoms. The van der Waals surface area contributed by atoms with Gasteiger partial charge in [0.1, 0.15) is 0 Å². The predicted molar refractivity (Wildman–Crippen MR) is 117 cm³/mol. The molecule has 4 rings (SSSR count). The van der Waals surface area contributed by atoms with E-state index in [2.05, 4.69) is 10.0 Å². The first-order valence-corrected chi connectivity index (χ1v) is 11.1. The van der Waals surface area contributed by atoms with Crippen molar-refractivity contribution in [1.29, 1.82) is 0 Å². The number of fused-ring (bicyclic) bond motifs is 1. The van der Waals surface area contributed by atoms with Crippen LogP contribution in [0, 0.1) is 0 Å². The van der Waals surface area contributed by atoms with Gasteiger partial charge >= 0.3 is 0 Å². The quantitative estimate of drug-likeness (QED) is 0.598. The van der Waals surface area contributed by atoms with Gasteiger partial charge in [0.25, 0.3) is 17.7 Å². The van der Waals surface area contributed by atoms with Crippen LogP contribution in [0.4, 0.5) is 17.1 Å². The molecule has 0 atom stereocenters. The average Bonchev–Trinajstić information content (AvgIpc) is 2.98. The fourth-order valence-electron chi connectivity index (χ4n) is 3.29. The Morgan fingerprint density at radius 3 is 2.06 bits per heavy atom. The summed E-state index contributed by atoms with van der Waals surface area (Å²) in [5.41, 5.74) is 1.86. The minimum Gasteiger partial charge on any atom is -0.322 e. The maximum Gasteiger partial charge on any atom is 0.266 e. The average molecular weight is 435 g/mol. The Labute approximate surface area is 178 Å². The van der Waals surface area contributed by atoms with Crippen molar-refractivity contribution in [2.45, 2.75) is 0 Å². The van der Waals surface area contributed by atoms with Gasteiger partial charge in [-0.05, 0) is 48.5 Å². The molecule has 0 aromatic heterocycles. The zero-order valence-corrected chi connectivity index (χ0v) is 17.1. The third-order valence-corrected chi connectivity index (χ3v) is 5.19. The maximum atomic E-state index is 12.7. The first kappa shape index (κ1) is 20.3. The van der Waals surface area contributed by atoms with Crippen molar-refractivity contribution in [3.8, 4) is 0 Å². The van der Waals surface area contributed by atoms with Crippen LogP contribution in [-0.4, -0.2) is 32.4 Å². The zero-order valence-electron chi connectivity index (χ0n) is 16.3. The number of imide groups is 1. The van der Waals surface area contributed by atoms with Gasteiger partial charge < -0.3 is 5.32 Å². The van der Waals surface area contributed by atoms with Crippen molar-refractivity contribution >= 4 is 44.8 Å². The Kier molecular flexibility index (Phi) is 5.04. The number of amides is 3. The second-order valence-electron chi connectivity index (χ2n) is 6.95. The van der Waals surface area contributed by atoms with E-state index >= 15 is 0 Å². The molecule has 1 aliphatic heterocycles. The van der Waals surface area contributed by atoms with Crippen LogP contribution >= 0.6 is 0 Å². The standard InChI is InChI=1S/C22H17N3O5S/c1-31(29,30)24-16-8-4-6-14(12-16)20(26)23-15-7-5-9-17(13-15)25-21(27)18-10-2-3-11-19(18)22(25)28/h2-13,24H,1H3,(H,23,26). The molecule has 0 aliphatic carbocycles. The summed E-state index contributed by atoms with van der Waals surface area (Å²) >= 11 is 0. The van der Waals surface area contributed by atoms with Gasteiger partial charge in [-0.3, -0.25) is 19.1 Å². The van der Waals surface area contributed by atoms with E-state index < -0.39 is 27.7 Å². The highest BCUT2D eigenvalue weighted by molar-refractivity contribution is 7.92. The van der Waals surface area contributed by atoms with Crippen molar-refractivity contribution in [2.75, 3.05) is 21.2 Å². The number of rotatable bonds is 5. The number of nitrogens with one attached hydrogen (secondary N) is 2. The van der Waals surface area contributed by atoms with Gasteiger partial charge in [-0.2, -0.15) is 0 Å². The summed E-state index contributed by atoms with van der Waals surface area (Å²) in [5, 5.41) is 2.70. The van der Waals surface area contributed by atoms with Crippen LogP contribution in [0.15, 0.2) is 72.8 Å². The number of nitrogens with zero attached hydrogens (tertiary/aromatic N) is 1. The van der Waals surface area contributed by atoms with Gasteiger partial charge in [0.2, 0.25) is 10.0 Å². The van der Waals surface area contributed by atoms with Crippen molar-refractivity contribution in [1.82, 2.24) is 0 Å². The Balaban J connectivity index is 1.56. The minimum absolute atomic E-state index is 0.236. The molecule has 9 heteroatoms. The molecular formula is C22H17N3O5S. The zero-order chi connectivity index (χ0) is 22.2. The fourth-order valence-corrected chi connectivity index (χ4v) is 3.84. The normalized spacial score (nSPS) is 13.1. The first-order chi connectivity index (χ1) is 14.7. The molecule has 1 heterocycles. The third-order valence-electron chi connectivity index (χ3n) is 4.58. The summed E-state index contributed by atoms with van der Waals surface area (Å²) in [6.07, 6.45) is 1.02. The molecule has 3 aromatic carbocycles. The molecule has 0 bridgehead atoms. The molecule has 8 nitrogen and oxygen atoms in total. The molecule has 0 saturated carbocycles. The van der Waals surface area contributed by atoms with Crippen LogP contribution in [0.2, 0.25) is 0 Å². The summed E-state index contributed by atoms with van der Waals surface area (Å²) in [6.45, 7) is 0. The van der Waals surface area contributed by atoms with Crippen molar-refractivity contribution in [3.05, 3.63) is 89.5 Å². The molecular weight excluding hydrogens is 418 g/mol. The van der Waals surface area contributed by atoms with Gasteiger partial charge in [-0.15, -0.1) is 0 Å². The van der Waals surface area contributed by atoms with E-state index in [-0.39, 0.29) is 11.3 Å². The van der Waals surface area contributed by atoms with Crippen molar-refractivity contribution in [2.24, 2.45) is 0 Å². The lowest BCUT2D eigenvalue weighted by Gasteiger charge is -2.15. The highest BCUT2D eigenvalue weighted by Crippen LogP contribution is 2.29. The number of sulfonamides is 1. The van der Waals surface area contributed by atoms with Gasteiger partial charge in [0.15, 0.2) is 0 Å². The minimum atomic E-state index is -3.48. The number of carbonyl (C=O) groups is 3. The molecule has 0 spiro atoms. The molecule has 156 valence electrons. The second kappa shape index (κ2) is 7.69. The van der Waals surface area contributed by atoms with Crippen LogP contribution in [0.25, 0.3) is 0 Å². The van der Waals surface area contributed by atoms with E-state index in [1.54, 1.807) is 48.5 Å². The van der Waals surface area contributed by atoms with E-state index in [9.17, 15) is 22.8 Å². The van der Waals surface area contributed by atoms with E-state index in [4.69, 9.17) is 0 Å². The number of hydrogen-bond donors (Lipinski definition) is 2. The predicted octanol–water partition coefficient (Wildman–Crippen LogP) is 3.11. The van der Waals surface area contributed by atoms with Gasteiger partial charge in [-0.1, -0.05) is 24.3 Å². The molecule has 0 unspecified atom stereocenters. The van der Waals surface area contributed by atoms with Gasteiger partial charge in [-0.25, -0.2) is 13.3 Å². The second-order valence-corrected chi connectivity index (χ2v) is 8.70. The van der Waals surface area contributed by atoms with E-state index in [1.807, 2.05) is 0 Å². The van der Waals surface area contributed by atoms with Crippen LogP contribution in [0.1, 0.15) is 31.1 Å². The molecule has 0 saturated heterocycles. The van der Waals surface area contributed by atoms with E-state index in [0.717, 1.165) is 11.2 Å². The number of benzene rings is 3. The van der Waals surface area contributed by atoms with E-state index in [1.165, 1.54) is 24.3 Å². The van der Waals surface area contributed by atoms with Crippen molar-refractivity contribution < 1.29 is 22.8 Å². The number of carbonyl (C=O) groups excluding carboxylic acids is 3. The van der Waals surface area contributed by atoms with Crippen LogP contribution < -0.4 is 14.9 Å². The summed E-state index contributed by atoms with van der Waals surface area (Å²) < 4.78 is 25.1. The van der Waals surface area contributed by atoms with Crippen LogP contribution in [0.3, 0.4) is 0 Å². The van der Waals surface area contributed by atoms with Crippen molar-refractivity contribution in [3.63, 3.8) is 0 Å². The van der Waals surface area contributed by atoms with Gasteiger partial charge in [0.05, 0.1) is 23.1 Å². The lowest BCUT2D eigenvalue weighted by atomic mass is 10.1. The Morgan fingerprint density at radius 1 is 0.806 bits per heavy atom. The summed E-state index contributed by atoms with van der Waals surface area (Å²) in [5.74, 6) is -1.33. The molecule has 0 radical (unpaired) electrons. The summed E-state index contributed by atoms with van der Waals surface area (Å²) in [4.78, 5) is 39.1. The molecule has 0 fully saturated rings. The SMILES string of the molecule is CS(=O)(=O)Nc1cccc(C(=O)Nc2cccc(N3C(=O)c4ccccc4C3=O)c2)c1. The lowest BCUT2D eigenvalue weighted by molar-refractivity contribution is 0.0925. The summed E-state index contributed by atoms with van der Waals surface area (Å²) in [7, 11) is -3.48. The maximum absolute atomic E-state index is 12.7. The highest BCUT2D eigenvalue weighted by atomic mass is 32.2. The molecule has 3 amide bonds. The summed E-state index contributed by atoms with van der Waals surface area (Å²) in [6, 6.07) is 19.0. The third kappa shape index (κ3) is 4.17. The van der Waals surface area contributed by atoms with E-state index in [0.29, 0.717) is 22.5 Å². The van der Waals surface area contributed by atoms with Gasteiger partial charge in [0, 0.05) is 16.9 Å². The highest BCUT2D eigenvalue weighted by Gasteiger charge is 2.36.